The van der Waals surface area contributed by atoms with Crippen molar-refractivity contribution in [1.29, 1.82) is 0 Å². The maximum atomic E-state index is 13.2. The normalized spacial score (nSPS) is 17.6. The molecule has 2 aliphatic rings. The Morgan fingerprint density at radius 2 is 1.72 bits per heavy atom. The number of amides is 2. The lowest BCUT2D eigenvalue weighted by Crippen LogP contribution is -2.62. The summed E-state index contributed by atoms with van der Waals surface area (Å²) in [5, 5.41) is 9.13. The second kappa shape index (κ2) is 6.78. The molecule has 2 amide bonds. The van der Waals surface area contributed by atoms with E-state index >= 15 is 0 Å². The second-order valence-corrected chi connectivity index (χ2v) is 8.11. The van der Waals surface area contributed by atoms with Crippen LogP contribution in [0.25, 0.3) is 10.8 Å². The lowest BCUT2D eigenvalue weighted by Gasteiger charge is -2.46. The highest BCUT2D eigenvalue weighted by atomic mass is 35.5. The first-order chi connectivity index (χ1) is 14.0. The van der Waals surface area contributed by atoms with Crippen LogP contribution in [0.1, 0.15) is 33.6 Å². The van der Waals surface area contributed by atoms with Crippen LogP contribution in [0.2, 0.25) is 5.02 Å². The van der Waals surface area contributed by atoms with Crippen LogP contribution in [0.3, 0.4) is 0 Å². The van der Waals surface area contributed by atoms with Gasteiger partial charge in [-0.15, -0.1) is 0 Å². The van der Waals surface area contributed by atoms with Crippen LogP contribution in [0, 0.1) is 0 Å². The summed E-state index contributed by atoms with van der Waals surface area (Å²) in [6, 6.07) is 19.0. The van der Waals surface area contributed by atoms with Gasteiger partial charge in [0.05, 0.1) is 5.56 Å². The van der Waals surface area contributed by atoms with E-state index in [9.17, 15) is 9.59 Å². The van der Waals surface area contributed by atoms with Crippen molar-refractivity contribution in [2.75, 3.05) is 18.4 Å². The quantitative estimate of drug-likeness (QED) is 0.635. The monoisotopic (exact) mass is 405 g/mol. The Morgan fingerprint density at radius 3 is 2.55 bits per heavy atom. The summed E-state index contributed by atoms with van der Waals surface area (Å²) in [5.74, 6) is -0.0963. The molecule has 0 saturated carbocycles. The van der Waals surface area contributed by atoms with Crippen LogP contribution in [0.5, 0.6) is 0 Å². The number of hydrogen-bond acceptors (Lipinski definition) is 3. The zero-order valence-electron chi connectivity index (χ0n) is 15.7. The third kappa shape index (κ3) is 3.12. The van der Waals surface area contributed by atoms with E-state index in [0.29, 0.717) is 36.5 Å². The Hall–Kier alpha value is -3.05. The van der Waals surface area contributed by atoms with Crippen molar-refractivity contribution < 1.29 is 9.59 Å². The Kier molecular flexibility index (Phi) is 4.21. The molecule has 0 unspecified atom stereocenters. The van der Waals surface area contributed by atoms with Gasteiger partial charge >= 0.3 is 0 Å². The predicted octanol–water partition coefficient (Wildman–Crippen LogP) is 4.28. The standard InChI is InChI=1S/C23H20ClN3O2/c24-16-8-9-20-19(14-16)21(28)26-23(25-20)10-12-27(13-11-23)22(29)18-7-3-5-15-4-1-2-6-17(15)18/h1-9,14,25H,10-13H2,(H,26,28). The van der Waals surface area contributed by atoms with Gasteiger partial charge in [0.2, 0.25) is 0 Å². The number of benzene rings is 3. The molecule has 0 atom stereocenters. The molecule has 146 valence electrons. The lowest BCUT2D eigenvalue weighted by molar-refractivity contribution is 0.0641. The summed E-state index contributed by atoms with van der Waals surface area (Å²) in [5.41, 5.74) is 1.53. The van der Waals surface area contributed by atoms with Gasteiger partial charge in [0.1, 0.15) is 5.66 Å². The molecular weight excluding hydrogens is 386 g/mol. The molecule has 1 saturated heterocycles. The van der Waals surface area contributed by atoms with Crippen molar-refractivity contribution in [1.82, 2.24) is 10.2 Å². The van der Waals surface area contributed by atoms with Gasteiger partial charge in [0.15, 0.2) is 0 Å². The maximum Gasteiger partial charge on any atom is 0.255 e. The Labute approximate surface area is 173 Å². The van der Waals surface area contributed by atoms with Gasteiger partial charge in [-0.25, -0.2) is 0 Å². The highest BCUT2D eigenvalue weighted by molar-refractivity contribution is 6.31. The van der Waals surface area contributed by atoms with Gasteiger partial charge < -0.3 is 15.5 Å². The number of rotatable bonds is 1. The third-order valence-electron chi connectivity index (χ3n) is 5.88. The zero-order chi connectivity index (χ0) is 20.0. The summed E-state index contributed by atoms with van der Waals surface area (Å²) >= 11 is 6.02. The number of nitrogens with one attached hydrogen (secondary N) is 2. The minimum atomic E-state index is -0.534. The van der Waals surface area contributed by atoms with Crippen LogP contribution in [-0.2, 0) is 0 Å². The third-order valence-corrected chi connectivity index (χ3v) is 6.11. The molecule has 2 aliphatic heterocycles. The lowest BCUT2D eigenvalue weighted by atomic mass is 9.91. The molecule has 2 heterocycles. The zero-order valence-corrected chi connectivity index (χ0v) is 16.5. The molecule has 0 aliphatic carbocycles. The number of carbonyl (C=O) groups is 2. The molecule has 3 aromatic rings. The molecule has 5 rings (SSSR count). The van der Waals surface area contributed by atoms with Crippen molar-refractivity contribution in [2.45, 2.75) is 18.5 Å². The van der Waals surface area contributed by atoms with Gasteiger partial charge in [-0.3, -0.25) is 9.59 Å². The van der Waals surface area contributed by atoms with Crippen molar-refractivity contribution in [3.63, 3.8) is 0 Å². The number of carbonyl (C=O) groups excluding carboxylic acids is 2. The molecule has 6 heteroatoms. The fraction of sp³-hybridized carbons (Fsp3) is 0.217. The fourth-order valence-corrected chi connectivity index (χ4v) is 4.48. The van der Waals surface area contributed by atoms with Gasteiger partial charge in [0, 0.05) is 42.2 Å². The minimum absolute atomic E-state index is 0.0333. The van der Waals surface area contributed by atoms with Crippen molar-refractivity contribution >= 4 is 39.9 Å². The van der Waals surface area contributed by atoms with Crippen LogP contribution in [0.4, 0.5) is 5.69 Å². The van der Waals surface area contributed by atoms with Crippen molar-refractivity contribution in [3.05, 3.63) is 76.8 Å². The van der Waals surface area contributed by atoms with Gasteiger partial charge in [0.25, 0.3) is 11.8 Å². The number of fused-ring (bicyclic) bond motifs is 2. The summed E-state index contributed by atoms with van der Waals surface area (Å²) in [7, 11) is 0. The number of anilines is 1. The van der Waals surface area contributed by atoms with Crippen LogP contribution in [-0.4, -0.2) is 35.5 Å². The van der Waals surface area contributed by atoms with E-state index in [1.807, 2.05) is 53.4 Å². The highest BCUT2D eigenvalue weighted by Crippen LogP contribution is 2.33. The summed E-state index contributed by atoms with van der Waals surface area (Å²) in [4.78, 5) is 27.7. The molecule has 29 heavy (non-hydrogen) atoms. The van der Waals surface area contributed by atoms with Gasteiger partial charge in [-0.2, -0.15) is 0 Å². The minimum Gasteiger partial charge on any atom is -0.362 e. The van der Waals surface area contributed by atoms with Gasteiger partial charge in [-0.05, 0) is 35.0 Å². The van der Waals surface area contributed by atoms with Crippen molar-refractivity contribution in [2.24, 2.45) is 0 Å². The molecule has 0 aromatic heterocycles. The summed E-state index contributed by atoms with van der Waals surface area (Å²) in [6.07, 6.45) is 1.27. The van der Waals surface area contributed by atoms with Crippen LogP contribution < -0.4 is 10.6 Å². The molecule has 5 nitrogen and oxygen atoms in total. The topological polar surface area (TPSA) is 61.4 Å². The Bertz CT molecular complexity index is 1130. The van der Waals surface area contributed by atoms with Gasteiger partial charge in [-0.1, -0.05) is 48.0 Å². The number of halogens is 1. The molecule has 1 fully saturated rings. The Morgan fingerprint density at radius 1 is 0.966 bits per heavy atom. The molecule has 0 bridgehead atoms. The average molecular weight is 406 g/mol. The first-order valence-electron chi connectivity index (χ1n) is 9.72. The van der Waals surface area contributed by atoms with Crippen LogP contribution in [0.15, 0.2) is 60.7 Å². The molecule has 3 aromatic carbocycles. The fourth-order valence-electron chi connectivity index (χ4n) is 4.31. The largest absolute Gasteiger partial charge is 0.362 e. The predicted molar refractivity (Wildman–Crippen MR) is 114 cm³/mol. The van der Waals surface area contributed by atoms with E-state index in [4.69, 9.17) is 11.6 Å². The first kappa shape index (κ1) is 18.0. The molecule has 0 radical (unpaired) electrons. The van der Waals surface area contributed by atoms with E-state index in [-0.39, 0.29) is 11.8 Å². The average Bonchev–Trinajstić information content (AvgIpc) is 2.74. The Balaban J connectivity index is 1.36. The highest BCUT2D eigenvalue weighted by Gasteiger charge is 2.41. The number of likely N-dealkylation sites (tertiary alicyclic amines) is 1. The molecule has 1 spiro atoms. The first-order valence-corrected chi connectivity index (χ1v) is 10.1. The smallest absolute Gasteiger partial charge is 0.255 e. The van der Waals surface area contributed by atoms with E-state index in [2.05, 4.69) is 10.6 Å². The number of nitrogens with zero attached hydrogens (tertiary/aromatic N) is 1. The van der Waals surface area contributed by atoms with E-state index in [1.165, 1.54) is 0 Å². The summed E-state index contributed by atoms with van der Waals surface area (Å²) in [6.45, 7) is 1.14. The SMILES string of the molecule is O=C1NC2(CCN(C(=O)c3cccc4ccccc34)CC2)Nc2ccc(Cl)cc21. The summed E-state index contributed by atoms with van der Waals surface area (Å²) < 4.78 is 0. The number of piperidine rings is 1. The second-order valence-electron chi connectivity index (χ2n) is 7.67. The number of hydrogen-bond donors (Lipinski definition) is 2. The maximum absolute atomic E-state index is 13.2. The van der Waals surface area contributed by atoms with E-state index in [0.717, 1.165) is 22.0 Å². The van der Waals surface area contributed by atoms with Crippen molar-refractivity contribution in [3.8, 4) is 0 Å². The molecular formula is C23H20ClN3O2. The van der Waals surface area contributed by atoms with Crippen LogP contribution >= 0.6 is 11.6 Å². The van der Waals surface area contributed by atoms with E-state index < -0.39 is 5.66 Å². The molecule has 2 N–H and O–H groups in total. The van der Waals surface area contributed by atoms with E-state index in [1.54, 1.807) is 12.1 Å².